The first-order valence-corrected chi connectivity index (χ1v) is 11.6. The van der Waals surface area contributed by atoms with E-state index >= 15 is 0 Å². The fourth-order valence-electron chi connectivity index (χ4n) is 3.69. The lowest BCUT2D eigenvalue weighted by Crippen LogP contribution is -2.44. The smallest absolute Gasteiger partial charge is 0.425 e. The monoisotopic (exact) mass is 472 g/mol. The molecule has 1 N–H and O–H groups in total. The van der Waals surface area contributed by atoms with Gasteiger partial charge in [0.2, 0.25) is 0 Å². The average molecular weight is 473 g/mol. The van der Waals surface area contributed by atoms with E-state index < -0.39 is 11.7 Å². The van der Waals surface area contributed by atoms with Gasteiger partial charge in [-0.3, -0.25) is 0 Å². The lowest BCUT2D eigenvalue weighted by molar-refractivity contribution is 0.0108. The quantitative estimate of drug-likeness (QED) is 0.386. The van der Waals surface area contributed by atoms with Crippen LogP contribution in [0.2, 0.25) is 0 Å². The van der Waals surface area contributed by atoms with Crippen molar-refractivity contribution in [2.24, 2.45) is 14.1 Å². The molecule has 1 amide bonds. The Morgan fingerprint density at radius 3 is 1.77 bits per heavy atom. The number of amides is 1. The average Bonchev–Trinajstić information content (AvgIpc) is 3.44. The highest BCUT2D eigenvalue weighted by atomic mass is 16.6. The SMILES string of the molecule is Cn1ccnc1-c1ccc(CNN(Cc2ccc(-c3nccn3C)cc2)C(=O)OC(C)(C)C)cc1. The second-order valence-electron chi connectivity index (χ2n) is 9.52. The molecule has 0 aliphatic heterocycles. The summed E-state index contributed by atoms with van der Waals surface area (Å²) in [7, 11) is 3.94. The molecule has 182 valence electrons. The van der Waals surface area contributed by atoms with Gasteiger partial charge in [0, 0.05) is 56.6 Å². The maximum atomic E-state index is 12.9. The fraction of sp³-hybridized carbons (Fsp3) is 0.296. The van der Waals surface area contributed by atoms with E-state index in [4.69, 9.17) is 4.74 Å². The zero-order valence-electron chi connectivity index (χ0n) is 20.9. The van der Waals surface area contributed by atoms with E-state index in [0.29, 0.717) is 13.1 Å². The van der Waals surface area contributed by atoms with Crippen molar-refractivity contribution < 1.29 is 9.53 Å². The lowest BCUT2D eigenvalue weighted by atomic mass is 10.1. The van der Waals surface area contributed by atoms with E-state index in [2.05, 4.69) is 15.4 Å². The van der Waals surface area contributed by atoms with Gasteiger partial charge in [0.25, 0.3) is 0 Å². The second-order valence-corrected chi connectivity index (χ2v) is 9.52. The zero-order valence-corrected chi connectivity index (χ0v) is 20.9. The maximum Gasteiger partial charge on any atom is 0.425 e. The van der Waals surface area contributed by atoms with Gasteiger partial charge in [-0.2, -0.15) is 0 Å². The first-order valence-electron chi connectivity index (χ1n) is 11.6. The number of carbonyl (C=O) groups is 1. The van der Waals surface area contributed by atoms with Gasteiger partial charge in [0.05, 0.1) is 6.54 Å². The number of rotatable bonds is 7. The van der Waals surface area contributed by atoms with E-state index in [1.54, 1.807) is 12.4 Å². The third-order valence-electron chi connectivity index (χ3n) is 5.50. The van der Waals surface area contributed by atoms with Gasteiger partial charge in [0.15, 0.2) is 0 Å². The van der Waals surface area contributed by atoms with Crippen molar-refractivity contribution in [1.82, 2.24) is 29.5 Å². The highest BCUT2D eigenvalue weighted by Crippen LogP contribution is 2.20. The number of benzene rings is 2. The van der Waals surface area contributed by atoms with Crippen molar-refractivity contribution in [1.29, 1.82) is 0 Å². The van der Waals surface area contributed by atoms with Crippen LogP contribution in [0.3, 0.4) is 0 Å². The molecule has 0 saturated heterocycles. The molecule has 2 aromatic carbocycles. The summed E-state index contributed by atoms with van der Waals surface area (Å²) in [6.07, 6.45) is 6.98. The highest BCUT2D eigenvalue weighted by molar-refractivity contribution is 5.67. The van der Waals surface area contributed by atoms with Gasteiger partial charge in [-0.25, -0.2) is 25.2 Å². The van der Waals surface area contributed by atoms with Crippen molar-refractivity contribution in [3.63, 3.8) is 0 Å². The Bertz CT molecular complexity index is 1270. The topological polar surface area (TPSA) is 77.2 Å². The molecule has 4 aromatic rings. The summed E-state index contributed by atoms with van der Waals surface area (Å²) < 4.78 is 9.60. The first-order chi connectivity index (χ1) is 16.7. The number of ether oxygens (including phenoxy) is 1. The molecule has 2 heterocycles. The summed E-state index contributed by atoms with van der Waals surface area (Å²) in [4.78, 5) is 21.7. The highest BCUT2D eigenvalue weighted by Gasteiger charge is 2.22. The van der Waals surface area contributed by atoms with Crippen LogP contribution in [-0.2, 0) is 31.9 Å². The number of hydrogen-bond acceptors (Lipinski definition) is 5. The molecule has 0 aliphatic rings. The van der Waals surface area contributed by atoms with Gasteiger partial charge in [-0.15, -0.1) is 0 Å². The van der Waals surface area contributed by atoms with Gasteiger partial charge in [-0.1, -0.05) is 48.5 Å². The minimum absolute atomic E-state index is 0.362. The molecule has 0 atom stereocenters. The van der Waals surface area contributed by atoms with Crippen molar-refractivity contribution in [3.05, 3.63) is 84.4 Å². The normalized spacial score (nSPS) is 11.5. The van der Waals surface area contributed by atoms with Gasteiger partial charge < -0.3 is 13.9 Å². The molecule has 0 bridgehead atoms. The molecule has 0 spiro atoms. The Kier molecular flexibility index (Phi) is 7.02. The molecule has 4 rings (SSSR count). The Labute approximate surface area is 206 Å². The minimum Gasteiger partial charge on any atom is -0.443 e. The number of aromatic nitrogens is 4. The predicted molar refractivity (Wildman–Crippen MR) is 136 cm³/mol. The number of aryl methyl sites for hydroxylation is 2. The summed E-state index contributed by atoms with van der Waals surface area (Å²) in [5, 5.41) is 1.52. The minimum atomic E-state index is -0.594. The van der Waals surface area contributed by atoms with Gasteiger partial charge >= 0.3 is 6.09 Å². The number of nitrogens with one attached hydrogen (secondary N) is 1. The number of nitrogens with zero attached hydrogens (tertiary/aromatic N) is 5. The molecule has 2 aromatic heterocycles. The Morgan fingerprint density at radius 1 is 0.857 bits per heavy atom. The summed E-state index contributed by atoms with van der Waals surface area (Å²) in [5.41, 5.74) is 6.73. The molecule has 0 unspecified atom stereocenters. The molecule has 8 nitrogen and oxygen atoms in total. The maximum absolute atomic E-state index is 12.9. The van der Waals surface area contributed by atoms with E-state index in [0.717, 1.165) is 33.9 Å². The van der Waals surface area contributed by atoms with Gasteiger partial charge in [-0.05, 0) is 31.9 Å². The predicted octanol–water partition coefficient (Wildman–Crippen LogP) is 4.93. The third kappa shape index (κ3) is 6.16. The van der Waals surface area contributed by atoms with Crippen LogP contribution in [0.1, 0.15) is 31.9 Å². The molecule has 0 radical (unpaired) electrons. The molecule has 35 heavy (non-hydrogen) atoms. The van der Waals surface area contributed by atoms with Crippen molar-refractivity contribution in [2.75, 3.05) is 0 Å². The van der Waals surface area contributed by atoms with Crippen LogP contribution in [-0.4, -0.2) is 35.8 Å². The fourth-order valence-corrected chi connectivity index (χ4v) is 3.69. The molecule has 0 aliphatic carbocycles. The number of hydrazine groups is 1. The molecule has 8 heteroatoms. The Morgan fingerprint density at radius 2 is 1.34 bits per heavy atom. The van der Waals surface area contributed by atoms with Crippen LogP contribution < -0.4 is 5.43 Å². The number of imidazole rings is 2. The van der Waals surface area contributed by atoms with E-state index in [1.165, 1.54) is 5.01 Å². The molecule has 0 saturated carbocycles. The summed E-state index contributed by atoms with van der Waals surface area (Å²) >= 11 is 0. The second kappa shape index (κ2) is 10.1. The van der Waals surface area contributed by atoms with Crippen molar-refractivity contribution >= 4 is 6.09 Å². The van der Waals surface area contributed by atoms with Gasteiger partial charge in [0.1, 0.15) is 17.2 Å². The first kappa shape index (κ1) is 24.2. The van der Waals surface area contributed by atoms with Crippen LogP contribution in [0.4, 0.5) is 4.79 Å². The largest absolute Gasteiger partial charge is 0.443 e. The summed E-state index contributed by atoms with van der Waals surface area (Å²) in [5.74, 6) is 1.81. The van der Waals surface area contributed by atoms with Crippen LogP contribution in [0.25, 0.3) is 22.8 Å². The van der Waals surface area contributed by atoms with Crippen molar-refractivity contribution in [2.45, 2.75) is 39.5 Å². The number of carbonyl (C=O) groups excluding carboxylic acids is 1. The van der Waals surface area contributed by atoms with Crippen LogP contribution >= 0.6 is 0 Å². The lowest BCUT2D eigenvalue weighted by Gasteiger charge is -2.28. The van der Waals surface area contributed by atoms with E-state index in [-0.39, 0.29) is 0 Å². The van der Waals surface area contributed by atoms with Crippen LogP contribution in [0.15, 0.2) is 73.3 Å². The van der Waals surface area contributed by atoms with E-state index in [1.807, 2.05) is 105 Å². The van der Waals surface area contributed by atoms with Crippen LogP contribution in [0, 0.1) is 0 Å². The number of hydrogen-bond donors (Lipinski definition) is 1. The molecule has 0 fully saturated rings. The zero-order chi connectivity index (χ0) is 25.0. The summed E-state index contributed by atoms with van der Waals surface area (Å²) in [6.45, 7) is 6.43. The third-order valence-corrected chi connectivity index (χ3v) is 5.50. The van der Waals surface area contributed by atoms with E-state index in [9.17, 15) is 4.79 Å². The molecular weight excluding hydrogens is 440 g/mol. The standard InChI is InChI=1S/C27H32N6O2/c1-27(2,3)35-26(34)33(19-21-8-12-23(13-9-21)25-29-15-17-32(25)5)30-18-20-6-10-22(11-7-20)24-28-14-16-31(24)4/h6-17,30H,18-19H2,1-5H3. The Hall–Kier alpha value is -3.91. The van der Waals surface area contributed by atoms with Crippen molar-refractivity contribution in [3.8, 4) is 22.8 Å². The van der Waals surface area contributed by atoms with Crippen LogP contribution in [0.5, 0.6) is 0 Å². The Balaban J connectivity index is 1.46. The molecular formula is C27H32N6O2. The summed E-state index contributed by atoms with van der Waals surface area (Å²) in [6, 6.07) is 16.2.